The predicted molar refractivity (Wildman–Crippen MR) is 187 cm³/mol. The summed E-state index contributed by atoms with van der Waals surface area (Å²) >= 11 is 0. The second-order valence-corrected chi connectivity index (χ2v) is 13.1. The number of unbranched alkanes of at least 4 members (excludes halogenated alkanes) is 1. The fourth-order valence-electron chi connectivity index (χ4n) is 7.25. The lowest BCUT2D eigenvalue weighted by Crippen LogP contribution is -2.45. The first-order chi connectivity index (χ1) is 19.8. The van der Waals surface area contributed by atoms with Crippen molar-refractivity contribution < 1.29 is 0 Å². The molecule has 0 fully saturated rings. The summed E-state index contributed by atoms with van der Waals surface area (Å²) in [6, 6.07) is 26.9. The van der Waals surface area contributed by atoms with Gasteiger partial charge in [0.2, 0.25) is 0 Å². The van der Waals surface area contributed by atoms with Gasteiger partial charge in [-0.2, -0.15) is 0 Å². The molecule has 0 aromatic heterocycles. The molecule has 0 aliphatic carbocycles. The topological polar surface area (TPSA) is 52.0 Å². The summed E-state index contributed by atoms with van der Waals surface area (Å²) in [4.78, 5) is 0. The first kappa shape index (κ1) is 31.9. The lowest BCUT2D eigenvalue weighted by Gasteiger charge is -2.34. The summed E-state index contributed by atoms with van der Waals surface area (Å²) in [5, 5.41) is 0. The molecule has 0 saturated heterocycles. The van der Waals surface area contributed by atoms with Gasteiger partial charge in [-0.3, -0.25) is 0 Å². The molecule has 4 N–H and O–H groups in total. The Bertz CT molecular complexity index is 1340. The van der Waals surface area contributed by atoms with Gasteiger partial charge in [0.1, 0.15) is 0 Å². The van der Waals surface area contributed by atoms with Crippen molar-refractivity contribution in [3.8, 4) is 0 Å². The number of benzene rings is 4. The fourth-order valence-corrected chi connectivity index (χ4v) is 7.25. The maximum Gasteiger partial charge on any atom is 0.157 e. The van der Waals surface area contributed by atoms with E-state index in [9.17, 15) is 0 Å². The van der Waals surface area contributed by atoms with Crippen LogP contribution in [0.25, 0.3) is 0 Å². The SMILES string of the molecule is Cc1ccc(C(N)(BCCCCBC(N)(c2ccc(C)cc2C)c2ccc(C)cc2C)c2ccc(C)cc2C)c(C)c1. The first-order valence-electron chi connectivity index (χ1n) is 15.7. The Morgan fingerprint density at radius 2 is 0.667 bits per heavy atom. The van der Waals surface area contributed by atoms with Crippen molar-refractivity contribution in [1.82, 2.24) is 0 Å². The highest BCUT2D eigenvalue weighted by atomic mass is 14.7. The van der Waals surface area contributed by atoms with Gasteiger partial charge in [0, 0.05) is 10.9 Å². The van der Waals surface area contributed by atoms with Crippen LogP contribution in [0, 0.1) is 55.4 Å². The Kier molecular flexibility index (Phi) is 9.91. The van der Waals surface area contributed by atoms with Crippen LogP contribution >= 0.6 is 0 Å². The van der Waals surface area contributed by atoms with E-state index in [1.165, 1.54) is 66.8 Å². The molecule has 0 atom stereocenters. The zero-order valence-corrected chi connectivity index (χ0v) is 27.3. The van der Waals surface area contributed by atoms with Gasteiger partial charge < -0.3 is 11.5 Å². The van der Waals surface area contributed by atoms with Crippen molar-refractivity contribution >= 4 is 14.6 Å². The van der Waals surface area contributed by atoms with Crippen LogP contribution in [-0.2, 0) is 10.9 Å². The molecule has 42 heavy (non-hydrogen) atoms. The molecule has 0 aliphatic rings. The summed E-state index contributed by atoms with van der Waals surface area (Å²) in [5.41, 5.74) is 29.0. The molecule has 0 unspecified atom stereocenters. The Morgan fingerprint density at radius 3 is 0.881 bits per heavy atom. The summed E-state index contributed by atoms with van der Waals surface area (Å²) < 4.78 is 0. The van der Waals surface area contributed by atoms with Crippen molar-refractivity contribution in [3.05, 3.63) is 140 Å². The van der Waals surface area contributed by atoms with E-state index >= 15 is 0 Å². The van der Waals surface area contributed by atoms with E-state index in [1.807, 2.05) is 0 Å². The minimum atomic E-state index is -0.509. The number of hydrogen-bond donors (Lipinski definition) is 2. The van der Waals surface area contributed by atoms with Gasteiger partial charge in [0.05, 0.1) is 0 Å². The lowest BCUT2D eigenvalue weighted by molar-refractivity contribution is 0.720. The van der Waals surface area contributed by atoms with E-state index in [0.717, 1.165) is 40.0 Å². The fraction of sp³-hybridized carbons (Fsp3) is 0.368. The average Bonchev–Trinajstić information content (AvgIpc) is 2.90. The Balaban J connectivity index is 1.52. The van der Waals surface area contributed by atoms with Crippen molar-refractivity contribution in [2.24, 2.45) is 11.5 Å². The van der Waals surface area contributed by atoms with Crippen molar-refractivity contribution in [1.29, 1.82) is 0 Å². The molecule has 2 nitrogen and oxygen atoms in total. The summed E-state index contributed by atoms with van der Waals surface area (Å²) in [5.74, 6) is 0. The summed E-state index contributed by atoms with van der Waals surface area (Å²) in [6.45, 7) is 17.4. The third-order valence-electron chi connectivity index (χ3n) is 9.34. The minimum absolute atomic E-state index is 0.509. The van der Waals surface area contributed by atoms with E-state index < -0.39 is 10.9 Å². The molecule has 4 aromatic rings. The van der Waals surface area contributed by atoms with Crippen molar-refractivity contribution in [2.45, 2.75) is 91.7 Å². The van der Waals surface area contributed by atoms with Crippen LogP contribution in [0.1, 0.15) is 79.6 Å². The van der Waals surface area contributed by atoms with Crippen molar-refractivity contribution in [3.63, 3.8) is 0 Å². The Labute approximate surface area is 256 Å². The van der Waals surface area contributed by atoms with Crippen LogP contribution in [0.15, 0.2) is 72.8 Å². The quantitative estimate of drug-likeness (QED) is 0.147. The van der Waals surface area contributed by atoms with Crippen LogP contribution in [-0.4, -0.2) is 14.6 Å². The first-order valence-corrected chi connectivity index (χ1v) is 15.7. The number of rotatable bonds is 11. The van der Waals surface area contributed by atoms with Gasteiger partial charge in [-0.05, 0) is 99.9 Å². The number of aryl methyl sites for hydroxylation is 8. The zero-order valence-electron chi connectivity index (χ0n) is 27.3. The highest BCUT2D eigenvalue weighted by Gasteiger charge is 2.34. The molecule has 0 heterocycles. The predicted octanol–water partition coefficient (Wildman–Crippen LogP) is 7.66. The second-order valence-electron chi connectivity index (χ2n) is 13.1. The molecular weight excluding hydrogens is 506 g/mol. The van der Waals surface area contributed by atoms with E-state index in [2.05, 4.69) is 128 Å². The summed E-state index contributed by atoms with van der Waals surface area (Å²) in [6.07, 6.45) is 4.40. The summed E-state index contributed by atoms with van der Waals surface area (Å²) in [7, 11) is 1.84. The van der Waals surface area contributed by atoms with E-state index in [1.54, 1.807) is 0 Å². The van der Waals surface area contributed by atoms with Gasteiger partial charge in [-0.15, -0.1) is 0 Å². The zero-order chi connectivity index (χ0) is 30.7. The van der Waals surface area contributed by atoms with E-state index in [4.69, 9.17) is 11.5 Å². The highest BCUT2D eigenvalue weighted by Crippen LogP contribution is 2.35. The molecule has 0 spiro atoms. The maximum absolute atomic E-state index is 7.42. The molecule has 4 heteroatoms. The molecule has 218 valence electrons. The van der Waals surface area contributed by atoms with E-state index in [-0.39, 0.29) is 0 Å². The van der Waals surface area contributed by atoms with Crippen LogP contribution in [0.3, 0.4) is 0 Å². The lowest BCUT2D eigenvalue weighted by atomic mass is 9.48. The normalized spacial score (nSPS) is 12.0. The minimum Gasteiger partial charge on any atom is -0.325 e. The molecule has 0 aliphatic heterocycles. The molecule has 0 bridgehead atoms. The molecule has 0 amide bonds. The van der Waals surface area contributed by atoms with Crippen LogP contribution < -0.4 is 11.5 Å². The van der Waals surface area contributed by atoms with Gasteiger partial charge >= 0.3 is 0 Å². The van der Waals surface area contributed by atoms with E-state index in [0.29, 0.717) is 0 Å². The third kappa shape index (κ3) is 6.77. The molecular formula is C38H50B2N2. The molecule has 4 aromatic carbocycles. The van der Waals surface area contributed by atoms with Gasteiger partial charge in [0.25, 0.3) is 0 Å². The van der Waals surface area contributed by atoms with Gasteiger partial charge in [-0.1, -0.05) is 121 Å². The Hall–Kier alpha value is -3.07. The standard InChI is InChI=1S/C38H50B2N2/c1-25-11-15-33(29(5)21-25)37(41,34-16-12-26(2)22-30(34)6)39-19-9-10-20-40-38(42,35-17-13-27(3)23-31(35)7)36-18-14-28(4)24-32(36)8/h11-18,21-24,39-40H,9-10,19-20,41-42H2,1-8H3. The van der Waals surface area contributed by atoms with Crippen LogP contribution in [0.5, 0.6) is 0 Å². The van der Waals surface area contributed by atoms with Crippen LogP contribution in [0.4, 0.5) is 0 Å². The monoisotopic (exact) mass is 556 g/mol. The average molecular weight is 556 g/mol. The smallest absolute Gasteiger partial charge is 0.157 e. The molecule has 0 radical (unpaired) electrons. The number of nitrogens with two attached hydrogens (primary N) is 2. The van der Waals surface area contributed by atoms with Crippen LogP contribution in [0.2, 0.25) is 12.6 Å². The highest BCUT2D eigenvalue weighted by molar-refractivity contribution is 6.42. The van der Waals surface area contributed by atoms with Gasteiger partial charge in [0.15, 0.2) is 14.6 Å². The molecule has 4 rings (SSSR count). The van der Waals surface area contributed by atoms with Gasteiger partial charge in [-0.25, -0.2) is 0 Å². The maximum atomic E-state index is 7.42. The van der Waals surface area contributed by atoms with Crippen molar-refractivity contribution in [2.75, 3.05) is 0 Å². The Morgan fingerprint density at radius 1 is 0.429 bits per heavy atom. The largest absolute Gasteiger partial charge is 0.325 e. The molecule has 0 saturated carbocycles. The third-order valence-corrected chi connectivity index (χ3v) is 9.34. The second kappa shape index (κ2) is 13.1. The number of hydrogen-bond acceptors (Lipinski definition) is 2.